The van der Waals surface area contributed by atoms with Crippen LogP contribution in [0.15, 0.2) is 53.0 Å². The predicted molar refractivity (Wildman–Crippen MR) is 104 cm³/mol. The summed E-state index contributed by atoms with van der Waals surface area (Å²) in [5.41, 5.74) is 1.71. The van der Waals surface area contributed by atoms with Crippen LogP contribution in [0.2, 0.25) is 5.02 Å². The highest BCUT2D eigenvalue weighted by Crippen LogP contribution is 2.37. The number of hydrogen-bond acceptors (Lipinski definition) is 2. The van der Waals surface area contributed by atoms with Crippen molar-refractivity contribution in [1.82, 2.24) is 0 Å². The fraction of sp³-hybridized carbons (Fsp3) is 0.333. The largest absolute Gasteiger partial charge is 0.299 e. The van der Waals surface area contributed by atoms with Crippen LogP contribution >= 0.6 is 27.5 Å². The van der Waals surface area contributed by atoms with Crippen LogP contribution in [0, 0.1) is 5.92 Å². The molecule has 3 rings (SSSR count). The first-order valence-electron chi connectivity index (χ1n) is 8.61. The summed E-state index contributed by atoms with van der Waals surface area (Å²) < 4.78 is 0.945. The van der Waals surface area contributed by atoms with Crippen molar-refractivity contribution in [3.8, 4) is 0 Å². The number of carbonyl (C=O) groups excluding carboxylic acids is 2. The Labute approximate surface area is 161 Å². The van der Waals surface area contributed by atoms with E-state index in [2.05, 4.69) is 15.9 Å². The number of benzene rings is 2. The van der Waals surface area contributed by atoms with Gasteiger partial charge in [0.2, 0.25) is 0 Å². The summed E-state index contributed by atoms with van der Waals surface area (Å²) in [6, 6.07) is 15.0. The molecule has 2 atom stereocenters. The molecule has 0 aliphatic heterocycles. The molecule has 0 aromatic heterocycles. The van der Waals surface area contributed by atoms with Crippen LogP contribution < -0.4 is 0 Å². The zero-order chi connectivity index (χ0) is 17.8. The van der Waals surface area contributed by atoms with Gasteiger partial charge in [-0.25, -0.2) is 0 Å². The van der Waals surface area contributed by atoms with Crippen molar-refractivity contribution in [3.63, 3.8) is 0 Å². The van der Waals surface area contributed by atoms with Gasteiger partial charge in [0.05, 0.1) is 0 Å². The summed E-state index contributed by atoms with van der Waals surface area (Å²) in [4.78, 5) is 25.3. The zero-order valence-corrected chi connectivity index (χ0v) is 16.2. The number of ketones is 2. The highest BCUT2D eigenvalue weighted by molar-refractivity contribution is 9.10. The number of hydrogen-bond donors (Lipinski definition) is 0. The molecule has 0 bridgehead atoms. The Hall–Kier alpha value is -1.45. The van der Waals surface area contributed by atoms with Crippen molar-refractivity contribution in [3.05, 3.63) is 69.2 Å². The summed E-state index contributed by atoms with van der Waals surface area (Å²) in [5, 5.41) is 0.664. The van der Waals surface area contributed by atoms with Gasteiger partial charge in [-0.1, -0.05) is 58.2 Å². The van der Waals surface area contributed by atoms with E-state index in [1.807, 2.05) is 48.5 Å². The quantitative estimate of drug-likeness (QED) is 0.539. The first kappa shape index (κ1) is 18.3. The molecule has 0 N–H and O–H groups in total. The van der Waals surface area contributed by atoms with Crippen LogP contribution in [0.4, 0.5) is 0 Å². The Balaban J connectivity index is 1.87. The second-order valence-electron chi connectivity index (χ2n) is 6.61. The average molecular weight is 420 g/mol. The molecule has 4 heteroatoms. The molecule has 0 radical (unpaired) electrons. The lowest BCUT2D eigenvalue weighted by Gasteiger charge is -2.29. The number of rotatable bonds is 5. The van der Waals surface area contributed by atoms with Crippen LogP contribution in [0.5, 0.6) is 0 Å². The van der Waals surface area contributed by atoms with Gasteiger partial charge in [0.15, 0.2) is 5.78 Å². The van der Waals surface area contributed by atoms with Crippen LogP contribution in [0.1, 0.15) is 53.9 Å². The Kier molecular flexibility index (Phi) is 6.08. The van der Waals surface area contributed by atoms with Crippen molar-refractivity contribution in [2.75, 3.05) is 0 Å². The van der Waals surface area contributed by atoms with E-state index in [9.17, 15) is 9.59 Å². The Morgan fingerprint density at radius 3 is 2.40 bits per heavy atom. The molecule has 1 aliphatic carbocycles. The first-order valence-corrected chi connectivity index (χ1v) is 9.78. The van der Waals surface area contributed by atoms with Crippen molar-refractivity contribution < 1.29 is 9.59 Å². The third-order valence-electron chi connectivity index (χ3n) is 4.96. The van der Waals surface area contributed by atoms with Crippen LogP contribution in [0.3, 0.4) is 0 Å². The van der Waals surface area contributed by atoms with Crippen LogP contribution in [-0.2, 0) is 4.79 Å². The Morgan fingerprint density at radius 2 is 1.76 bits per heavy atom. The molecular weight excluding hydrogens is 400 g/mol. The molecule has 2 aromatic rings. The van der Waals surface area contributed by atoms with Gasteiger partial charge in [-0.05, 0) is 42.7 Å². The highest BCUT2D eigenvalue weighted by Gasteiger charge is 2.32. The Bertz CT molecular complexity index is 752. The third kappa shape index (κ3) is 4.59. The van der Waals surface area contributed by atoms with Crippen LogP contribution in [0.25, 0.3) is 0 Å². The second-order valence-corrected chi connectivity index (χ2v) is 7.96. The standard InChI is InChI=1S/C21H20BrClO2/c22-16-9-5-15(6-10-16)21(25)13-19(14-7-11-17(23)12-8-14)18-3-1-2-4-20(18)24/h5-12,18-19H,1-4,13H2/t18-,19+/m0/s1. The molecule has 0 spiro atoms. The van der Waals surface area contributed by atoms with Crippen molar-refractivity contribution in [2.24, 2.45) is 5.92 Å². The fourth-order valence-electron chi connectivity index (χ4n) is 3.59. The molecule has 0 heterocycles. The van der Waals surface area contributed by atoms with E-state index in [4.69, 9.17) is 11.6 Å². The average Bonchev–Trinajstić information content (AvgIpc) is 2.62. The number of halogens is 2. The van der Waals surface area contributed by atoms with Gasteiger partial charge < -0.3 is 0 Å². The monoisotopic (exact) mass is 418 g/mol. The molecule has 2 nitrogen and oxygen atoms in total. The number of Topliss-reactive ketones (excluding diaryl/α,β-unsaturated/α-hetero) is 2. The molecule has 25 heavy (non-hydrogen) atoms. The minimum Gasteiger partial charge on any atom is -0.299 e. The lowest BCUT2D eigenvalue weighted by Crippen LogP contribution is -2.27. The van der Waals surface area contributed by atoms with Gasteiger partial charge in [-0.15, -0.1) is 0 Å². The van der Waals surface area contributed by atoms with Crippen molar-refractivity contribution in [2.45, 2.75) is 38.0 Å². The zero-order valence-electron chi connectivity index (χ0n) is 13.9. The lowest BCUT2D eigenvalue weighted by atomic mass is 9.73. The smallest absolute Gasteiger partial charge is 0.163 e. The first-order chi connectivity index (χ1) is 12.0. The molecule has 1 aliphatic rings. The number of carbonyl (C=O) groups is 2. The predicted octanol–water partition coefficient (Wildman–Crippen LogP) is 6.22. The van der Waals surface area contributed by atoms with Gasteiger partial charge in [-0.3, -0.25) is 9.59 Å². The summed E-state index contributed by atoms with van der Waals surface area (Å²) in [7, 11) is 0. The fourth-order valence-corrected chi connectivity index (χ4v) is 3.98. The van der Waals surface area contributed by atoms with E-state index in [1.54, 1.807) is 0 Å². The molecule has 0 saturated heterocycles. The van der Waals surface area contributed by atoms with Crippen LogP contribution in [-0.4, -0.2) is 11.6 Å². The van der Waals surface area contributed by atoms with Gasteiger partial charge in [0, 0.05) is 39.7 Å². The maximum Gasteiger partial charge on any atom is 0.163 e. The molecular formula is C21H20BrClO2. The van der Waals surface area contributed by atoms with E-state index >= 15 is 0 Å². The maximum atomic E-state index is 12.8. The van der Waals surface area contributed by atoms with E-state index in [0.717, 1.165) is 29.3 Å². The molecule has 0 amide bonds. The van der Waals surface area contributed by atoms with E-state index in [0.29, 0.717) is 23.4 Å². The summed E-state index contributed by atoms with van der Waals surface area (Å²) in [6.07, 6.45) is 3.84. The SMILES string of the molecule is O=C(C[C@H](c1ccc(Cl)cc1)[C@@H]1CCCCC1=O)c1ccc(Br)cc1. The Morgan fingerprint density at radius 1 is 1.08 bits per heavy atom. The van der Waals surface area contributed by atoms with Crippen molar-refractivity contribution in [1.29, 1.82) is 0 Å². The van der Waals surface area contributed by atoms with E-state index in [-0.39, 0.29) is 23.4 Å². The van der Waals surface area contributed by atoms with Gasteiger partial charge in [-0.2, -0.15) is 0 Å². The van der Waals surface area contributed by atoms with E-state index in [1.165, 1.54) is 0 Å². The third-order valence-corrected chi connectivity index (χ3v) is 5.74. The van der Waals surface area contributed by atoms with Gasteiger partial charge >= 0.3 is 0 Å². The van der Waals surface area contributed by atoms with Gasteiger partial charge in [0.25, 0.3) is 0 Å². The summed E-state index contributed by atoms with van der Waals surface area (Å²) in [5.74, 6) is 0.205. The summed E-state index contributed by atoms with van der Waals surface area (Å²) >= 11 is 9.40. The topological polar surface area (TPSA) is 34.1 Å². The normalized spacial score (nSPS) is 18.8. The molecule has 0 unspecified atom stereocenters. The highest BCUT2D eigenvalue weighted by atomic mass is 79.9. The lowest BCUT2D eigenvalue weighted by molar-refractivity contribution is -0.125. The molecule has 1 fully saturated rings. The van der Waals surface area contributed by atoms with Crippen molar-refractivity contribution >= 4 is 39.1 Å². The summed E-state index contributed by atoms with van der Waals surface area (Å²) in [6.45, 7) is 0. The minimum absolute atomic E-state index is 0.0747. The molecule has 1 saturated carbocycles. The van der Waals surface area contributed by atoms with E-state index < -0.39 is 0 Å². The molecule has 2 aromatic carbocycles. The van der Waals surface area contributed by atoms with Gasteiger partial charge in [0.1, 0.15) is 5.78 Å². The minimum atomic E-state index is -0.0822. The molecule has 130 valence electrons. The maximum absolute atomic E-state index is 12.8. The second kappa shape index (κ2) is 8.29.